The van der Waals surface area contributed by atoms with Crippen LogP contribution in [-0.4, -0.2) is 5.11 Å². The molecule has 0 bridgehead atoms. The van der Waals surface area contributed by atoms with Crippen LogP contribution >= 0.6 is 0 Å². The second kappa shape index (κ2) is 4.07. The lowest BCUT2D eigenvalue weighted by atomic mass is 10.1. The average molecular weight is 232 g/mol. The van der Waals surface area contributed by atoms with Crippen LogP contribution in [-0.2, 0) is 6.61 Å². The maximum absolute atomic E-state index is 11.1. The summed E-state index contributed by atoms with van der Waals surface area (Å²) in [7, 11) is 0. The Morgan fingerprint density at radius 3 is 2.65 bits per heavy atom. The van der Waals surface area contributed by atoms with Crippen LogP contribution in [0.1, 0.15) is 13.0 Å². The lowest BCUT2D eigenvalue weighted by molar-refractivity contribution is 0.281. The van der Waals surface area contributed by atoms with Gasteiger partial charge in [-0.3, -0.25) is 0 Å². The maximum Gasteiger partial charge on any atom is 0.336 e. The fraction of sp³-hybridized carbons (Fsp3) is 0.154. The SMILES string of the molecule is C.O=c1ccc2cc3ccoc3c(CO)c2o1. The van der Waals surface area contributed by atoms with Gasteiger partial charge in [0.1, 0.15) is 11.2 Å². The summed E-state index contributed by atoms with van der Waals surface area (Å²) < 4.78 is 10.4. The Kier molecular flexibility index (Phi) is 2.73. The summed E-state index contributed by atoms with van der Waals surface area (Å²) in [4.78, 5) is 11.1. The molecule has 2 aromatic heterocycles. The fourth-order valence-electron chi connectivity index (χ4n) is 1.87. The molecule has 4 heteroatoms. The zero-order chi connectivity index (χ0) is 11.1. The molecule has 88 valence electrons. The minimum Gasteiger partial charge on any atom is -0.464 e. The Morgan fingerprint density at radius 2 is 1.88 bits per heavy atom. The Morgan fingerprint density at radius 1 is 1.12 bits per heavy atom. The number of hydrogen-bond acceptors (Lipinski definition) is 4. The van der Waals surface area contributed by atoms with Gasteiger partial charge in [-0.1, -0.05) is 7.43 Å². The van der Waals surface area contributed by atoms with Crippen molar-refractivity contribution in [2.45, 2.75) is 14.0 Å². The highest BCUT2D eigenvalue weighted by Crippen LogP contribution is 2.28. The zero-order valence-electron chi connectivity index (χ0n) is 8.27. The van der Waals surface area contributed by atoms with Gasteiger partial charge >= 0.3 is 5.63 Å². The Labute approximate surface area is 97.1 Å². The van der Waals surface area contributed by atoms with Crippen LogP contribution in [0.2, 0.25) is 0 Å². The minimum absolute atomic E-state index is 0. The summed E-state index contributed by atoms with van der Waals surface area (Å²) in [6.07, 6.45) is 1.54. The van der Waals surface area contributed by atoms with Crippen molar-refractivity contribution in [3.05, 3.63) is 46.5 Å². The Hall–Kier alpha value is -2.07. The van der Waals surface area contributed by atoms with E-state index in [1.54, 1.807) is 18.4 Å². The molecule has 0 saturated heterocycles. The van der Waals surface area contributed by atoms with Gasteiger partial charge in [0.15, 0.2) is 0 Å². The van der Waals surface area contributed by atoms with Gasteiger partial charge in [-0.2, -0.15) is 0 Å². The van der Waals surface area contributed by atoms with Crippen molar-refractivity contribution in [2.24, 2.45) is 0 Å². The largest absolute Gasteiger partial charge is 0.464 e. The van der Waals surface area contributed by atoms with E-state index in [0.29, 0.717) is 16.7 Å². The zero-order valence-corrected chi connectivity index (χ0v) is 8.27. The molecule has 0 saturated carbocycles. The lowest BCUT2D eigenvalue weighted by Crippen LogP contribution is -1.97. The molecule has 0 radical (unpaired) electrons. The number of aliphatic hydroxyl groups excluding tert-OH is 1. The molecule has 3 rings (SSSR count). The summed E-state index contributed by atoms with van der Waals surface area (Å²) in [6.45, 7) is -0.228. The van der Waals surface area contributed by atoms with E-state index in [1.165, 1.54) is 6.07 Å². The standard InChI is InChI=1S/C12H8O4.CH4/c13-6-9-11-8(3-4-15-11)5-7-1-2-10(14)16-12(7)9;/h1-5,13H,6H2;1H4. The molecule has 4 nitrogen and oxygen atoms in total. The molecule has 0 aliphatic carbocycles. The second-order valence-corrected chi connectivity index (χ2v) is 3.52. The Bertz CT molecular complexity index is 721. The fourth-order valence-corrected chi connectivity index (χ4v) is 1.87. The van der Waals surface area contributed by atoms with E-state index in [4.69, 9.17) is 8.83 Å². The third-order valence-electron chi connectivity index (χ3n) is 2.58. The molecule has 17 heavy (non-hydrogen) atoms. The molecule has 0 aliphatic heterocycles. The third-order valence-corrected chi connectivity index (χ3v) is 2.58. The molecule has 0 amide bonds. The number of aliphatic hydroxyl groups is 1. The van der Waals surface area contributed by atoms with Crippen LogP contribution in [0.15, 0.2) is 44.2 Å². The van der Waals surface area contributed by atoms with Crippen molar-refractivity contribution in [3.8, 4) is 0 Å². The highest BCUT2D eigenvalue weighted by molar-refractivity contribution is 5.96. The van der Waals surface area contributed by atoms with Gasteiger partial charge in [0.05, 0.1) is 18.4 Å². The van der Waals surface area contributed by atoms with Crippen LogP contribution in [0, 0.1) is 0 Å². The molecule has 1 aromatic carbocycles. The van der Waals surface area contributed by atoms with Crippen molar-refractivity contribution in [1.29, 1.82) is 0 Å². The van der Waals surface area contributed by atoms with Gasteiger partial charge < -0.3 is 13.9 Å². The number of fused-ring (bicyclic) bond motifs is 2. The number of furan rings is 1. The van der Waals surface area contributed by atoms with Crippen molar-refractivity contribution < 1.29 is 13.9 Å². The molecule has 1 N–H and O–H groups in total. The molecule has 0 unspecified atom stereocenters. The molecule has 3 aromatic rings. The van der Waals surface area contributed by atoms with Gasteiger partial charge in [-0.05, 0) is 18.2 Å². The van der Waals surface area contributed by atoms with Crippen LogP contribution in [0.4, 0.5) is 0 Å². The van der Waals surface area contributed by atoms with Crippen LogP contribution < -0.4 is 5.63 Å². The molecule has 0 spiro atoms. The summed E-state index contributed by atoms with van der Waals surface area (Å²) in [5, 5.41) is 11.0. The van der Waals surface area contributed by atoms with Crippen molar-refractivity contribution in [2.75, 3.05) is 0 Å². The summed E-state index contributed by atoms with van der Waals surface area (Å²) in [5.41, 5.74) is 1.02. The topological polar surface area (TPSA) is 63.6 Å². The van der Waals surface area contributed by atoms with Gasteiger partial charge in [0.2, 0.25) is 0 Å². The second-order valence-electron chi connectivity index (χ2n) is 3.52. The van der Waals surface area contributed by atoms with Crippen LogP contribution in [0.25, 0.3) is 21.9 Å². The van der Waals surface area contributed by atoms with Crippen molar-refractivity contribution in [1.82, 2.24) is 0 Å². The third kappa shape index (κ3) is 1.62. The monoisotopic (exact) mass is 232 g/mol. The predicted octanol–water partition coefficient (Wildman–Crippen LogP) is 2.67. The number of hydrogen-bond donors (Lipinski definition) is 1. The van der Waals surface area contributed by atoms with Crippen molar-refractivity contribution in [3.63, 3.8) is 0 Å². The normalized spacial score (nSPS) is 10.6. The molecule has 0 fully saturated rings. The highest BCUT2D eigenvalue weighted by atomic mass is 16.4. The van der Waals surface area contributed by atoms with E-state index in [-0.39, 0.29) is 14.0 Å². The Balaban J connectivity index is 0.00000108. The van der Waals surface area contributed by atoms with Crippen molar-refractivity contribution >= 4 is 21.9 Å². The number of benzene rings is 1. The molecular formula is C13H12O4. The predicted molar refractivity (Wildman–Crippen MR) is 64.9 cm³/mol. The first kappa shape index (κ1) is 11.4. The molecular weight excluding hydrogens is 220 g/mol. The number of rotatable bonds is 1. The van der Waals surface area contributed by atoms with E-state index < -0.39 is 5.63 Å². The maximum atomic E-state index is 11.1. The van der Waals surface area contributed by atoms with Gasteiger partial charge in [-0.15, -0.1) is 0 Å². The first-order valence-electron chi connectivity index (χ1n) is 4.83. The van der Waals surface area contributed by atoms with E-state index in [9.17, 15) is 9.90 Å². The quantitative estimate of drug-likeness (QED) is 0.655. The van der Waals surface area contributed by atoms with E-state index in [1.807, 2.05) is 6.07 Å². The summed E-state index contributed by atoms with van der Waals surface area (Å²) in [5.74, 6) is 0. The van der Waals surface area contributed by atoms with E-state index >= 15 is 0 Å². The van der Waals surface area contributed by atoms with E-state index in [2.05, 4.69) is 0 Å². The van der Waals surface area contributed by atoms with Crippen LogP contribution in [0.5, 0.6) is 0 Å². The molecule has 0 atom stereocenters. The average Bonchev–Trinajstić information content (AvgIpc) is 2.73. The van der Waals surface area contributed by atoms with Crippen LogP contribution in [0.3, 0.4) is 0 Å². The van der Waals surface area contributed by atoms with Gasteiger partial charge in [-0.25, -0.2) is 4.79 Å². The molecule has 0 aliphatic rings. The molecule has 2 heterocycles. The first-order chi connectivity index (χ1) is 7.79. The lowest BCUT2D eigenvalue weighted by Gasteiger charge is -2.02. The summed E-state index contributed by atoms with van der Waals surface area (Å²) in [6, 6.07) is 6.69. The summed E-state index contributed by atoms with van der Waals surface area (Å²) >= 11 is 0. The first-order valence-corrected chi connectivity index (χ1v) is 4.83. The smallest absolute Gasteiger partial charge is 0.336 e. The van der Waals surface area contributed by atoms with E-state index in [0.717, 1.165) is 10.8 Å². The highest BCUT2D eigenvalue weighted by Gasteiger charge is 2.11. The van der Waals surface area contributed by atoms with Gasteiger partial charge in [0.25, 0.3) is 0 Å². The minimum atomic E-state index is -0.437. The van der Waals surface area contributed by atoms with Gasteiger partial charge in [0, 0.05) is 16.8 Å².